The Morgan fingerprint density at radius 3 is 2.61 bits per heavy atom. The van der Waals surface area contributed by atoms with E-state index in [1.165, 1.54) is 25.9 Å². The smallest absolute Gasteiger partial charge is 0.315 e. The van der Waals surface area contributed by atoms with Gasteiger partial charge < -0.3 is 15.0 Å². The van der Waals surface area contributed by atoms with Crippen LogP contribution in [-0.4, -0.2) is 49.6 Å². The lowest BCUT2D eigenvalue weighted by molar-refractivity contribution is -0.145. The molecule has 0 aromatic carbocycles. The summed E-state index contributed by atoms with van der Waals surface area (Å²) in [4.78, 5) is 24.8. The van der Waals surface area contributed by atoms with Crippen LogP contribution in [0.1, 0.15) is 39.0 Å². The van der Waals surface area contributed by atoms with Crippen LogP contribution in [0.4, 0.5) is 0 Å². The number of rotatable bonds is 8. The van der Waals surface area contributed by atoms with E-state index in [-0.39, 0.29) is 12.3 Å². The van der Waals surface area contributed by atoms with E-state index in [4.69, 9.17) is 4.74 Å². The lowest BCUT2D eigenvalue weighted by Crippen LogP contribution is -2.28. The molecule has 0 atom stereocenters. The Bertz CT molecular complexity index is 263. The van der Waals surface area contributed by atoms with Crippen LogP contribution in [0, 0.1) is 0 Å². The first-order chi connectivity index (χ1) is 8.72. The van der Waals surface area contributed by atoms with Crippen LogP contribution in [0.15, 0.2) is 0 Å². The summed E-state index contributed by atoms with van der Waals surface area (Å²) in [5, 5.41) is 2.74. The van der Waals surface area contributed by atoms with Crippen molar-refractivity contribution in [3.8, 4) is 0 Å². The van der Waals surface area contributed by atoms with Gasteiger partial charge in [0.15, 0.2) is 0 Å². The van der Waals surface area contributed by atoms with Gasteiger partial charge in [0.1, 0.15) is 6.42 Å². The summed E-state index contributed by atoms with van der Waals surface area (Å²) >= 11 is 0. The van der Waals surface area contributed by atoms with E-state index in [1.54, 1.807) is 6.92 Å². The highest BCUT2D eigenvalue weighted by molar-refractivity contribution is 5.94. The van der Waals surface area contributed by atoms with Crippen LogP contribution in [0.3, 0.4) is 0 Å². The largest absolute Gasteiger partial charge is 0.466 e. The van der Waals surface area contributed by atoms with Crippen molar-refractivity contribution in [2.75, 3.05) is 32.8 Å². The molecule has 0 saturated carbocycles. The molecule has 1 heterocycles. The molecule has 18 heavy (non-hydrogen) atoms. The zero-order chi connectivity index (χ0) is 13.2. The third-order valence-corrected chi connectivity index (χ3v) is 3.03. The Labute approximate surface area is 109 Å². The summed E-state index contributed by atoms with van der Waals surface area (Å²) in [5.74, 6) is -0.693. The second kappa shape index (κ2) is 8.91. The minimum absolute atomic E-state index is 0.167. The fourth-order valence-electron chi connectivity index (χ4n) is 2.10. The lowest BCUT2D eigenvalue weighted by Gasteiger charge is -2.13. The summed E-state index contributed by atoms with van der Waals surface area (Å²) in [6.45, 7) is 6.25. The number of carbonyl (C=O) groups excluding carboxylic acids is 2. The standard InChI is InChI=1S/C13H24N2O3/c1-2-18-13(17)11-12(16)14-7-3-4-8-15-9-5-6-10-15/h2-11H2,1H3,(H,14,16). The molecule has 1 aliphatic rings. The Balaban J connectivity index is 1.93. The number of ether oxygens (including phenoxy) is 1. The van der Waals surface area contributed by atoms with Crippen LogP contribution < -0.4 is 5.32 Å². The van der Waals surface area contributed by atoms with Crippen LogP contribution >= 0.6 is 0 Å². The zero-order valence-electron chi connectivity index (χ0n) is 11.2. The molecule has 0 spiro atoms. The van der Waals surface area contributed by atoms with Gasteiger partial charge in [-0.05, 0) is 52.2 Å². The summed E-state index contributed by atoms with van der Waals surface area (Å²) in [6.07, 6.45) is 4.53. The second-order valence-electron chi connectivity index (χ2n) is 4.59. The van der Waals surface area contributed by atoms with Gasteiger partial charge in [-0.1, -0.05) is 0 Å². The first kappa shape index (κ1) is 15.0. The number of likely N-dealkylation sites (tertiary alicyclic amines) is 1. The molecular weight excluding hydrogens is 232 g/mol. The van der Waals surface area contributed by atoms with Crippen molar-refractivity contribution in [3.63, 3.8) is 0 Å². The van der Waals surface area contributed by atoms with Crippen molar-refractivity contribution in [2.45, 2.75) is 39.0 Å². The number of unbranched alkanes of at least 4 members (excludes halogenated alkanes) is 1. The predicted octanol–water partition coefficient (Wildman–Crippen LogP) is 0.932. The molecule has 1 rings (SSSR count). The molecule has 1 N–H and O–H groups in total. The number of esters is 1. The third kappa shape index (κ3) is 6.59. The number of hydrogen-bond donors (Lipinski definition) is 1. The van der Waals surface area contributed by atoms with Crippen LogP contribution in [0.25, 0.3) is 0 Å². The molecule has 1 aliphatic heterocycles. The van der Waals surface area contributed by atoms with E-state index >= 15 is 0 Å². The number of amides is 1. The number of hydrogen-bond acceptors (Lipinski definition) is 4. The third-order valence-electron chi connectivity index (χ3n) is 3.03. The predicted molar refractivity (Wildman–Crippen MR) is 69.2 cm³/mol. The van der Waals surface area contributed by atoms with Crippen LogP contribution in [0.2, 0.25) is 0 Å². The molecule has 0 radical (unpaired) electrons. The SMILES string of the molecule is CCOC(=O)CC(=O)NCCCCN1CCCC1. The fraction of sp³-hybridized carbons (Fsp3) is 0.846. The van der Waals surface area contributed by atoms with Gasteiger partial charge in [-0.25, -0.2) is 0 Å². The minimum atomic E-state index is -0.452. The van der Waals surface area contributed by atoms with Crippen molar-refractivity contribution >= 4 is 11.9 Å². The van der Waals surface area contributed by atoms with Crippen molar-refractivity contribution in [1.29, 1.82) is 0 Å². The number of carbonyl (C=O) groups is 2. The quantitative estimate of drug-likeness (QED) is 0.399. The maximum atomic E-state index is 11.3. The zero-order valence-corrected chi connectivity index (χ0v) is 11.2. The molecule has 1 saturated heterocycles. The molecule has 1 amide bonds. The number of nitrogens with zero attached hydrogens (tertiary/aromatic N) is 1. The first-order valence-corrected chi connectivity index (χ1v) is 6.87. The van der Waals surface area contributed by atoms with Gasteiger partial charge in [-0.2, -0.15) is 0 Å². The lowest BCUT2D eigenvalue weighted by atomic mass is 10.3. The first-order valence-electron chi connectivity index (χ1n) is 6.87. The van der Waals surface area contributed by atoms with Crippen molar-refractivity contribution < 1.29 is 14.3 Å². The molecule has 0 unspecified atom stereocenters. The molecule has 0 aliphatic carbocycles. The molecule has 5 nitrogen and oxygen atoms in total. The molecule has 104 valence electrons. The summed E-state index contributed by atoms with van der Waals surface area (Å²) < 4.78 is 4.70. The molecule has 0 aromatic rings. The van der Waals surface area contributed by atoms with Crippen LogP contribution in [-0.2, 0) is 14.3 Å². The molecule has 0 bridgehead atoms. The fourth-order valence-corrected chi connectivity index (χ4v) is 2.10. The molecular formula is C13H24N2O3. The van der Waals surface area contributed by atoms with Crippen molar-refractivity contribution in [3.05, 3.63) is 0 Å². The van der Waals surface area contributed by atoms with Gasteiger partial charge in [0.2, 0.25) is 5.91 Å². The van der Waals surface area contributed by atoms with E-state index in [2.05, 4.69) is 10.2 Å². The summed E-state index contributed by atoms with van der Waals surface area (Å²) in [5.41, 5.74) is 0. The van der Waals surface area contributed by atoms with Crippen molar-refractivity contribution in [1.82, 2.24) is 10.2 Å². The van der Waals surface area contributed by atoms with E-state index in [0.717, 1.165) is 19.4 Å². The number of nitrogens with one attached hydrogen (secondary N) is 1. The van der Waals surface area contributed by atoms with Gasteiger partial charge in [-0.3, -0.25) is 9.59 Å². The highest BCUT2D eigenvalue weighted by atomic mass is 16.5. The van der Waals surface area contributed by atoms with Gasteiger partial charge >= 0.3 is 5.97 Å². The minimum Gasteiger partial charge on any atom is -0.466 e. The van der Waals surface area contributed by atoms with E-state index in [9.17, 15) is 9.59 Å². The van der Waals surface area contributed by atoms with Gasteiger partial charge in [0.25, 0.3) is 0 Å². The van der Waals surface area contributed by atoms with Gasteiger partial charge in [0, 0.05) is 6.54 Å². The van der Waals surface area contributed by atoms with Crippen LogP contribution in [0.5, 0.6) is 0 Å². The maximum Gasteiger partial charge on any atom is 0.315 e. The monoisotopic (exact) mass is 256 g/mol. The summed E-state index contributed by atoms with van der Waals surface area (Å²) in [7, 11) is 0. The van der Waals surface area contributed by atoms with Gasteiger partial charge in [-0.15, -0.1) is 0 Å². The van der Waals surface area contributed by atoms with E-state index in [0.29, 0.717) is 13.2 Å². The molecule has 5 heteroatoms. The second-order valence-corrected chi connectivity index (χ2v) is 4.59. The topological polar surface area (TPSA) is 58.6 Å². The Kier molecular flexibility index (Phi) is 7.41. The Hall–Kier alpha value is -1.10. The van der Waals surface area contributed by atoms with E-state index < -0.39 is 5.97 Å². The van der Waals surface area contributed by atoms with E-state index in [1.807, 2.05) is 0 Å². The average Bonchev–Trinajstić information content (AvgIpc) is 2.81. The van der Waals surface area contributed by atoms with Gasteiger partial charge in [0.05, 0.1) is 6.61 Å². The maximum absolute atomic E-state index is 11.3. The Morgan fingerprint density at radius 1 is 1.22 bits per heavy atom. The molecule has 0 aromatic heterocycles. The normalized spacial score (nSPS) is 15.6. The average molecular weight is 256 g/mol. The summed E-state index contributed by atoms with van der Waals surface area (Å²) in [6, 6.07) is 0. The highest BCUT2D eigenvalue weighted by Gasteiger charge is 2.11. The molecule has 1 fully saturated rings. The highest BCUT2D eigenvalue weighted by Crippen LogP contribution is 2.07. The Morgan fingerprint density at radius 2 is 1.94 bits per heavy atom. The van der Waals surface area contributed by atoms with Crippen molar-refractivity contribution in [2.24, 2.45) is 0 Å².